The van der Waals surface area contributed by atoms with Crippen LogP contribution in [0.15, 0.2) is 47.6 Å². The van der Waals surface area contributed by atoms with Crippen molar-refractivity contribution in [3.63, 3.8) is 0 Å². The number of carbonyl (C=O) groups excluding carboxylic acids is 1. The molecule has 1 aliphatic rings. The van der Waals surface area contributed by atoms with Gasteiger partial charge in [0, 0.05) is 17.9 Å². The Kier molecular flexibility index (Phi) is 4.34. The summed E-state index contributed by atoms with van der Waals surface area (Å²) in [6.45, 7) is 2.02. The molecular weight excluding hydrogens is 312 g/mol. The number of carboxylic acids is 1. The Bertz CT molecular complexity index is 763. The molecule has 0 saturated heterocycles. The van der Waals surface area contributed by atoms with E-state index in [1.807, 2.05) is 31.2 Å². The van der Waals surface area contributed by atoms with E-state index in [9.17, 15) is 9.59 Å². The van der Waals surface area contributed by atoms with Gasteiger partial charge < -0.3 is 10.0 Å². The van der Waals surface area contributed by atoms with Crippen molar-refractivity contribution in [3.8, 4) is 0 Å². The Hall–Kier alpha value is -2.34. The molecule has 0 unspecified atom stereocenters. The summed E-state index contributed by atoms with van der Waals surface area (Å²) in [5.41, 5.74) is 2.24. The zero-order chi connectivity index (χ0) is 16.4. The zero-order valence-electron chi connectivity index (χ0n) is 12.6. The first-order valence-corrected chi connectivity index (χ1v) is 8.27. The van der Waals surface area contributed by atoms with E-state index in [2.05, 4.69) is 4.98 Å². The van der Waals surface area contributed by atoms with Crippen molar-refractivity contribution in [1.29, 1.82) is 0 Å². The molecule has 1 N–H and O–H groups in total. The van der Waals surface area contributed by atoms with Gasteiger partial charge in [-0.25, -0.2) is 9.78 Å². The SMILES string of the molecule is C[C@@H]1Cc2ccccc2N1C(=O)CSc1ncccc1C(=O)O. The number of benzene rings is 1. The van der Waals surface area contributed by atoms with E-state index in [4.69, 9.17) is 5.11 Å². The number of thioether (sulfide) groups is 1. The van der Waals surface area contributed by atoms with Crippen molar-refractivity contribution in [2.45, 2.75) is 24.4 Å². The average Bonchev–Trinajstić information content (AvgIpc) is 2.88. The lowest BCUT2D eigenvalue weighted by molar-refractivity contribution is -0.116. The highest BCUT2D eigenvalue weighted by Gasteiger charge is 2.30. The van der Waals surface area contributed by atoms with Gasteiger partial charge in [-0.05, 0) is 37.1 Å². The largest absolute Gasteiger partial charge is 0.478 e. The van der Waals surface area contributed by atoms with Gasteiger partial charge in [0.15, 0.2) is 0 Å². The molecule has 0 bridgehead atoms. The van der Waals surface area contributed by atoms with Crippen molar-refractivity contribution in [1.82, 2.24) is 4.98 Å². The Labute approximate surface area is 138 Å². The summed E-state index contributed by atoms with van der Waals surface area (Å²) >= 11 is 1.16. The fourth-order valence-electron chi connectivity index (χ4n) is 2.81. The summed E-state index contributed by atoms with van der Waals surface area (Å²) in [5.74, 6) is -0.905. The molecular formula is C17H16N2O3S. The maximum atomic E-state index is 12.6. The standard InChI is InChI=1S/C17H16N2O3S/c1-11-9-12-5-2-3-7-14(12)19(11)15(20)10-23-16-13(17(21)22)6-4-8-18-16/h2-8,11H,9-10H2,1H3,(H,21,22)/t11-/m1/s1. The van der Waals surface area contributed by atoms with Crippen LogP contribution in [-0.2, 0) is 11.2 Å². The van der Waals surface area contributed by atoms with Crippen LogP contribution in [0.1, 0.15) is 22.8 Å². The zero-order valence-corrected chi connectivity index (χ0v) is 13.4. The molecule has 118 valence electrons. The van der Waals surface area contributed by atoms with E-state index in [0.717, 1.165) is 23.9 Å². The predicted octanol–water partition coefficient (Wildman–Crippen LogP) is 2.85. The van der Waals surface area contributed by atoms with Crippen LogP contribution in [0.25, 0.3) is 0 Å². The second-order valence-electron chi connectivity index (χ2n) is 5.40. The van der Waals surface area contributed by atoms with E-state index in [1.165, 1.54) is 17.8 Å². The average molecular weight is 328 g/mol. The van der Waals surface area contributed by atoms with Gasteiger partial charge in [0.1, 0.15) is 5.03 Å². The van der Waals surface area contributed by atoms with Crippen LogP contribution < -0.4 is 4.90 Å². The highest BCUT2D eigenvalue weighted by atomic mass is 32.2. The van der Waals surface area contributed by atoms with Gasteiger partial charge in [0.2, 0.25) is 5.91 Å². The van der Waals surface area contributed by atoms with E-state index in [-0.39, 0.29) is 23.3 Å². The lowest BCUT2D eigenvalue weighted by Gasteiger charge is -2.22. The number of para-hydroxylation sites is 1. The minimum Gasteiger partial charge on any atom is -0.478 e. The lowest BCUT2D eigenvalue weighted by Crippen LogP contribution is -2.37. The number of anilines is 1. The molecule has 0 fully saturated rings. The molecule has 1 aliphatic heterocycles. The number of amides is 1. The van der Waals surface area contributed by atoms with Crippen molar-refractivity contribution in [2.24, 2.45) is 0 Å². The normalized spacial score (nSPS) is 16.2. The van der Waals surface area contributed by atoms with Gasteiger partial charge in [-0.1, -0.05) is 30.0 Å². The fraction of sp³-hybridized carbons (Fsp3) is 0.235. The van der Waals surface area contributed by atoms with Gasteiger partial charge in [-0.3, -0.25) is 4.79 Å². The number of carbonyl (C=O) groups is 2. The number of pyridine rings is 1. The number of rotatable bonds is 4. The van der Waals surface area contributed by atoms with E-state index in [0.29, 0.717) is 5.03 Å². The maximum absolute atomic E-state index is 12.6. The molecule has 1 aromatic heterocycles. The quantitative estimate of drug-likeness (QED) is 0.874. The summed E-state index contributed by atoms with van der Waals surface area (Å²) in [6.07, 6.45) is 2.38. The molecule has 5 nitrogen and oxygen atoms in total. The van der Waals surface area contributed by atoms with Crippen LogP contribution in [0.5, 0.6) is 0 Å². The minimum absolute atomic E-state index is 0.0329. The molecule has 0 aliphatic carbocycles. The Morgan fingerprint density at radius 1 is 1.30 bits per heavy atom. The minimum atomic E-state index is -1.03. The molecule has 0 saturated carbocycles. The van der Waals surface area contributed by atoms with Crippen molar-refractivity contribution >= 4 is 29.3 Å². The number of nitrogens with zero attached hydrogens (tertiary/aromatic N) is 2. The second kappa shape index (κ2) is 6.42. The monoisotopic (exact) mass is 328 g/mol. The van der Waals surface area contributed by atoms with Crippen molar-refractivity contribution in [2.75, 3.05) is 10.7 Å². The first-order valence-electron chi connectivity index (χ1n) is 7.29. The van der Waals surface area contributed by atoms with Gasteiger partial charge in [0.25, 0.3) is 0 Å². The van der Waals surface area contributed by atoms with Crippen LogP contribution >= 0.6 is 11.8 Å². The third-order valence-electron chi connectivity index (χ3n) is 3.81. The summed E-state index contributed by atoms with van der Waals surface area (Å²) in [6, 6.07) is 11.1. The maximum Gasteiger partial charge on any atom is 0.338 e. The first-order chi connectivity index (χ1) is 11.1. The van der Waals surface area contributed by atoms with Gasteiger partial charge >= 0.3 is 5.97 Å². The molecule has 0 radical (unpaired) electrons. The van der Waals surface area contributed by atoms with Crippen molar-refractivity contribution < 1.29 is 14.7 Å². The molecule has 6 heteroatoms. The molecule has 1 amide bonds. The highest BCUT2D eigenvalue weighted by molar-refractivity contribution is 8.00. The molecule has 1 aromatic carbocycles. The molecule has 23 heavy (non-hydrogen) atoms. The third kappa shape index (κ3) is 3.07. The van der Waals surface area contributed by atoms with Gasteiger partial charge in [0.05, 0.1) is 11.3 Å². The Balaban J connectivity index is 1.75. The number of carboxylic acid groups (broad SMARTS) is 1. The smallest absolute Gasteiger partial charge is 0.338 e. The Morgan fingerprint density at radius 2 is 2.09 bits per heavy atom. The topological polar surface area (TPSA) is 70.5 Å². The summed E-state index contributed by atoms with van der Waals surface area (Å²) < 4.78 is 0. The molecule has 3 rings (SSSR count). The third-order valence-corrected chi connectivity index (χ3v) is 4.80. The fourth-order valence-corrected chi connectivity index (χ4v) is 3.66. The number of hydrogen-bond donors (Lipinski definition) is 1. The summed E-state index contributed by atoms with van der Waals surface area (Å²) in [4.78, 5) is 29.7. The highest BCUT2D eigenvalue weighted by Crippen LogP contribution is 2.32. The summed E-state index contributed by atoms with van der Waals surface area (Å²) in [5, 5.41) is 9.53. The van der Waals surface area contributed by atoms with Crippen LogP contribution in [0.2, 0.25) is 0 Å². The number of aromatic nitrogens is 1. The molecule has 1 atom stereocenters. The van der Waals surface area contributed by atoms with Gasteiger partial charge in [-0.2, -0.15) is 0 Å². The number of fused-ring (bicyclic) bond motifs is 1. The summed E-state index contributed by atoms with van der Waals surface area (Å²) in [7, 11) is 0. The van der Waals surface area contributed by atoms with Crippen LogP contribution in [-0.4, -0.2) is 33.8 Å². The predicted molar refractivity (Wildman–Crippen MR) is 89.0 cm³/mol. The first kappa shape index (κ1) is 15.6. The van der Waals surface area contributed by atoms with Crippen LogP contribution in [0.4, 0.5) is 5.69 Å². The lowest BCUT2D eigenvalue weighted by atomic mass is 10.1. The second-order valence-corrected chi connectivity index (χ2v) is 6.36. The number of aromatic carboxylic acids is 1. The van der Waals surface area contributed by atoms with Crippen molar-refractivity contribution in [3.05, 3.63) is 53.7 Å². The van der Waals surface area contributed by atoms with E-state index < -0.39 is 5.97 Å². The molecule has 0 spiro atoms. The Morgan fingerprint density at radius 3 is 2.87 bits per heavy atom. The molecule has 2 aromatic rings. The van der Waals surface area contributed by atoms with Crippen LogP contribution in [0.3, 0.4) is 0 Å². The van der Waals surface area contributed by atoms with Crippen LogP contribution in [0, 0.1) is 0 Å². The number of hydrogen-bond acceptors (Lipinski definition) is 4. The molecule has 2 heterocycles. The van der Waals surface area contributed by atoms with E-state index >= 15 is 0 Å². The van der Waals surface area contributed by atoms with E-state index in [1.54, 1.807) is 11.0 Å². The van der Waals surface area contributed by atoms with Gasteiger partial charge in [-0.15, -0.1) is 0 Å².